The lowest BCUT2D eigenvalue weighted by molar-refractivity contribution is 0.724. The lowest BCUT2D eigenvalue weighted by Gasteiger charge is -2.14. The highest BCUT2D eigenvalue weighted by Gasteiger charge is 2.15. The van der Waals surface area contributed by atoms with Crippen LogP contribution in [0.2, 0.25) is 5.02 Å². The molecule has 0 spiro atoms. The number of guanidine groups is 1. The van der Waals surface area contributed by atoms with E-state index < -0.39 is 0 Å². The van der Waals surface area contributed by atoms with Crippen LogP contribution in [0.4, 0.5) is 0 Å². The van der Waals surface area contributed by atoms with Gasteiger partial charge in [-0.2, -0.15) is 11.8 Å². The number of aliphatic imine (C=N–C) groups is 1. The lowest BCUT2D eigenvalue weighted by atomic mass is 10.1. The Morgan fingerprint density at radius 1 is 1.45 bits per heavy atom. The fourth-order valence-corrected chi connectivity index (χ4v) is 3.67. The van der Waals surface area contributed by atoms with Crippen molar-refractivity contribution in [2.75, 3.05) is 25.9 Å². The van der Waals surface area contributed by atoms with E-state index in [2.05, 4.69) is 33.5 Å². The van der Waals surface area contributed by atoms with E-state index in [1.807, 2.05) is 25.2 Å². The molecule has 1 aliphatic rings. The van der Waals surface area contributed by atoms with Gasteiger partial charge in [-0.15, -0.1) is 0 Å². The van der Waals surface area contributed by atoms with Crippen LogP contribution in [0.25, 0.3) is 0 Å². The number of thioether (sulfide) groups is 1. The summed E-state index contributed by atoms with van der Waals surface area (Å²) >= 11 is 8.03. The zero-order chi connectivity index (χ0) is 14.2. The van der Waals surface area contributed by atoms with E-state index in [0.717, 1.165) is 35.7 Å². The first-order valence-corrected chi connectivity index (χ1v) is 8.51. The standard InChI is InChI=1S/C15H22ClN3S/c1-17-15(19-11-14-6-3-9-20-14)18-8-7-12-4-2-5-13(16)10-12/h2,4-5,10,14H,3,6-9,11H2,1H3,(H2,17,18,19). The molecule has 1 aromatic rings. The Balaban J connectivity index is 1.68. The fraction of sp³-hybridized carbons (Fsp3) is 0.533. The quantitative estimate of drug-likeness (QED) is 0.648. The van der Waals surface area contributed by atoms with Crippen LogP contribution in [0.3, 0.4) is 0 Å². The zero-order valence-electron chi connectivity index (χ0n) is 11.9. The highest BCUT2D eigenvalue weighted by Crippen LogP contribution is 2.25. The third kappa shape index (κ3) is 5.25. The molecule has 5 heteroatoms. The van der Waals surface area contributed by atoms with E-state index in [0.29, 0.717) is 0 Å². The highest BCUT2D eigenvalue weighted by atomic mass is 35.5. The molecule has 20 heavy (non-hydrogen) atoms. The second-order valence-electron chi connectivity index (χ2n) is 4.89. The number of benzene rings is 1. The molecule has 1 fully saturated rings. The molecule has 1 heterocycles. The molecule has 2 N–H and O–H groups in total. The average Bonchev–Trinajstić information content (AvgIpc) is 2.96. The summed E-state index contributed by atoms with van der Waals surface area (Å²) in [5.74, 6) is 2.19. The van der Waals surface area contributed by atoms with Crippen LogP contribution in [-0.2, 0) is 6.42 Å². The van der Waals surface area contributed by atoms with Gasteiger partial charge in [-0.05, 0) is 42.7 Å². The minimum Gasteiger partial charge on any atom is -0.356 e. The Kier molecular flexibility index (Phi) is 6.54. The van der Waals surface area contributed by atoms with Crippen LogP contribution in [0.1, 0.15) is 18.4 Å². The summed E-state index contributed by atoms with van der Waals surface area (Å²) in [5, 5.41) is 8.28. The summed E-state index contributed by atoms with van der Waals surface area (Å²) in [6, 6.07) is 7.99. The van der Waals surface area contributed by atoms with Gasteiger partial charge >= 0.3 is 0 Å². The maximum atomic E-state index is 5.98. The molecule has 1 aliphatic heterocycles. The molecule has 1 saturated heterocycles. The summed E-state index contributed by atoms with van der Waals surface area (Å²) in [6.07, 6.45) is 3.61. The molecular weight excluding hydrogens is 290 g/mol. The van der Waals surface area contributed by atoms with Crippen molar-refractivity contribution in [3.05, 3.63) is 34.9 Å². The van der Waals surface area contributed by atoms with Crippen LogP contribution in [-0.4, -0.2) is 37.1 Å². The van der Waals surface area contributed by atoms with Gasteiger partial charge in [-0.3, -0.25) is 4.99 Å². The summed E-state index contributed by atoms with van der Waals surface area (Å²) in [7, 11) is 1.82. The summed E-state index contributed by atoms with van der Waals surface area (Å²) in [4.78, 5) is 4.26. The smallest absolute Gasteiger partial charge is 0.191 e. The molecule has 0 bridgehead atoms. The molecule has 0 aliphatic carbocycles. The number of nitrogens with zero attached hydrogens (tertiary/aromatic N) is 1. The highest BCUT2D eigenvalue weighted by molar-refractivity contribution is 8.00. The van der Waals surface area contributed by atoms with Crippen molar-refractivity contribution in [2.24, 2.45) is 4.99 Å². The van der Waals surface area contributed by atoms with E-state index in [1.165, 1.54) is 24.2 Å². The van der Waals surface area contributed by atoms with Gasteiger partial charge in [0.1, 0.15) is 0 Å². The Morgan fingerprint density at radius 3 is 3.05 bits per heavy atom. The molecule has 1 aromatic carbocycles. The SMILES string of the molecule is CN=C(NCCc1cccc(Cl)c1)NCC1CCCS1. The minimum absolute atomic E-state index is 0.737. The second kappa shape index (κ2) is 8.42. The minimum atomic E-state index is 0.737. The van der Waals surface area contributed by atoms with Crippen LogP contribution >= 0.6 is 23.4 Å². The zero-order valence-corrected chi connectivity index (χ0v) is 13.4. The van der Waals surface area contributed by atoms with Gasteiger partial charge in [-0.25, -0.2) is 0 Å². The molecule has 0 amide bonds. The fourth-order valence-electron chi connectivity index (χ4n) is 2.25. The second-order valence-corrected chi connectivity index (χ2v) is 6.74. The molecule has 2 rings (SSSR count). The predicted molar refractivity (Wildman–Crippen MR) is 90.0 cm³/mol. The number of nitrogens with one attached hydrogen (secondary N) is 2. The number of halogens is 1. The molecule has 1 unspecified atom stereocenters. The topological polar surface area (TPSA) is 36.4 Å². The van der Waals surface area contributed by atoms with Crippen molar-refractivity contribution in [1.29, 1.82) is 0 Å². The Morgan fingerprint density at radius 2 is 2.35 bits per heavy atom. The van der Waals surface area contributed by atoms with Gasteiger partial charge in [-0.1, -0.05) is 23.7 Å². The van der Waals surface area contributed by atoms with Crippen molar-refractivity contribution in [3.8, 4) is 0 Å². The average molecular weight is 312 g/mol. The predicted octanol–water partition coefficient (Wildman–Crippen LogP) is 2.94. The third-order valence-electron chi connectivity index (χ3n) is 3.34. The lowest BCUT2D eigenvalue weighted by Crippen LogP contribution is -2.40. The summed E-state index contributed by atoms with van der Waals surface area (Å²) in [6.45, 7) is 1.86. The molecule has 0 aromatic heterocycles. The monoisotopic (exact) mass is 311 g/mol. The van der Waals surface area contributed by atoms with Crippen molar-refractivity contribution in [3.63, 3.8) is 0 Å². The molecule has 3 nitrogen and oxygen atoms in total. The normalized spacial score (nSPS) is 19.1. The Bertz CT molecular complexity index is 444. The van der Waals surface area contributed by atoms with E-state index in [1.54, 1.807) is 0 Å². The number of hydrogen-bond donors (Lipinski definition) is 2. The molecular formula is C15H22ClN3S. The Labute approximate surface area is 130 Å². The van der Waals surface area contributed by atoms with Crippen molar-refractivity contribution in [1.82, 2.24) is 10.6 Å². The van der Waals surface area contributed by atoms with Crippen LogP contribution in [0.5, 0.6) is 0 Å². The first kappa shape index (κ1) is 15.5. The van der Waals surface area contributed by atoms with Crippen molar-refractivity contribution < 1.29 is 0 Å². The maximum Gasteiger partial charge on any atom is 0.191 e. The van der Waals surface area contributed by atoms with Crippen LogP contribution in [0, 0.1) is 0 Å². The Hall–Kier alpha value is -0.870. The van der Waals surface area contributed by atoms with Crippen molar-refractivity contribution in [2.45, 2.75) is 24.5 Å². The van der Waals surface area contributed by atoms with E-state index in [-0.39, 0.29) is 0 Å². The number of rotatable bonds is 5. The van der Waals surface area contributed by atoms with E-state index in [9.17, 15) is 0 Å². The molecule has 1 atom stereocenters. The first-order valence-electron chi connectivity index (χ1n) is 7.08. The van der Waals surface area contributed by atoms with Gasteiger partial charge < -0.3 is 10.6 Å². The summed E-state index contributed by atoms with van der Waals surface area (Å²) in [5.41, 5.74) is 1.24. The van der Waals surface area contributed by atoms with Crippen LogP contribution in [0.15, 0.2) is 29.3 Å². The number of hydrogen-bond acceptors (Lipinski definition) is 2. The van der Waals surface area contributed by atoms with Gasteiger partial charge in [0.2, 0.25) is 0 Å². The van der Waals surface area contributed by atoms with Gasteiger partial charge in [0, 0.05) is 30.4 Å². The molecule has 0 saturated carbocycles. The third-order valence-corrected chi connectivity index (χ3v) is 4.97. The van der Waals surface area contributed by atoms with Crippen LogP contribution < -0.4 is 10.6 Å². The largest absolute Gasteiger partial charge is 0.356 e. The molecule has 110 valence electrons. The van der Waals surface area contributed by atoms with E-state index in [4.69, 9.17) is 11.6 Å². The summed E-state index contributed by atoms with van der Waals surface area (Å²) < 4.78 is 0. The van der Waals surface area contributed by atoms with Crippen molar-refractivity contribution >= 4 is 29.3 Å². The van der Waals surface area contributed by atoms with Gasteiger partial charge in [0.15, 0.2) is 5.96 Å². The van der Waals surface area contributed by atoms with Gasteiger partial charge in [0.25, 0.3) is 0 Å². The van der Waals surface area contributed by atoms with Gasteiger partial charge in [0.05, 0.1) is 0 Å². The first-order chi connectivity index (χ1) is 9.78. The van der Waals surface area contributed by atoms with E-state index >= 15 is 0 Å². The molecule has 0 radical (unpaired) electrons. The maximum absolute atomic E-state index is 5.98.